The average molecular weight is 301 g/mol. The third-order valence-electron chi connectivity index (χ3n) is 3.51. The van der Waals surface area contributed by atoms with Crippen molar-refractivity contribution in [1.29, 1.82) is 0 Å². The fraction of sp³-hybridized carbons (Fsp3) is 0.412. The molecular weight excluding hydrogens is 278 g/mol. The Morgan fingerprint density at radius 3 is 2.77 bits per heavy atom. The van der Waals surface area contributed by atoms with Gasteiger partial charge in [0.2, 0.25) is 0 Å². The first kappa shape index (κ1) is 16.2. The van der Waals surface area contributed by atoms with E-state index in [-0.39, 0.29) is 18.1 Å². The van der Waals surface area contributed by atoms with Crippen LogP contribution in [0.2, 0.25) is 0 Å². The number of carbonyl (C=O) groups is 1. The monoisotopic (exact) mass is 301 g/mol. The number of aliphatic hydroxyl groups is 1. The maximum Gasteiger partial charge on any atom is 0.315 e. The van der Waals surface area contributed by atoms with Crippen molar-refractivity contribution >= 4 is 16.9 Å². The van der Waals surface area contributed by atoms with E-state index in [1.54, 1.807) is 13.1 Å². The minimum atomic E-state index is -0.346. The minimum Gasteiger partial charge on any atom is -0.393 e. The third kappa shape index (κ3) is 4.70. The van der Waals surface area contributed by atoms with E-state index in [4.69, 9.17) is 0 Å². The molecule has 0 fully saturated rings. The lowest BCUT2D eigenvalue weighted by molar-refractivity contribution is 0.163. The van der Waals surface area contributed by atoms with Gasteiger partial charge in [0.05, 0.1) is 11.6 Å². The Morgan fingerprint density at radius 2 is 2.00 bits per heavy atom. The van der Waals surface area contributed by atoms with Gasteiger partial charge in [-0.05, 0) is 30.9 Å². The zero-order valence-electron chi connectivity index (χ0n) is 13.0. The lowest BCUT2D eigenvalue weighted by Gasteiger charge is -2.15. The highest BCUT2D eigenvalue weighted by Crippen LogP contribution is 2.15. The molecule has 0 radical (unpaired) electrons. The molecule has 0 aliphatic heterocycles. The molecule has 5 nitrogen and oxygen atoms in total. The summed E-state index contributed by atoms with van der Waals surface area (Å²) in [6.45, 7) is 4.74. The van der Waals surface area contributed by atoms with E-state index in [2.05, 4.69) is 15.6 Å². The second kappa shape index (κ2) is 7.75. The Labute approximate surface area is 130 Å². The number of benzene rings is 1. The number of hydrogen-bond acceptors (Lipinski definition) is 3. The van der Waals surface area contributed by atoms with Crippen LogP contribution in [-0.4, -0.2) is 28.8 Å². The highest BCUT2D eigenvalue weighted by Gasteiger charge is 2.08. The van der Waals surface area contributed by atoms with Crippen molar-refractivity contribution < 1.29 is 9.90 Å². The van der Waals surface area contributed by atoms with E-state index in [9.17, 15) is 9.90 Å². The summed E-state index contributed by atoms with van der Waals surface area (Å²) in [6.07, 6.45) is 2.08. The van der Waals surface area contributed by atoms with Gasteiger partial charge in [-0.2, -0.15) is 0 Å². The predicted molar refractivity (Wildman–Crippen MR) is 87.4 cm³/mol. The maximum atomic E-state index is 11.8. The molecule has 2 amide bonds. The van der Waals surface area contributed by atoms with Crippen molar-refractivity contribution in [2.75, 3.05) is 6.54 Å². The summed E-state index contributed by atoms with van der Waals surface area (Å²) in [6, 6.07) is 9.63. The van der Waals surface area contributed by atoms with Crippen LogP contribution in [0, 0.1) is 5.92 Å². The molecule has 0 spiro atoms. The summed E-state index contributed by atoms with van der Waals surface area (Å²) in [4.78, 5) is 16.2. The number of aliphatic hydroxyl groups excluding tert-OH is 1. The van der Waals surface area contributed by atoms with E-state index in [1.165, 1.54) is 0 Å². The minimum absolute atomic E-state index is 0.203. The second-order valence-corrected chi connectivity index (χ2v) is 5.75. The highest BCUT2D eigenvalue weighted by atomic mass is 16.3. The van der Waals surface area contributed by atoms with Gasteiger partial charge in [0, 0.05) is 24.7 Å². The molecule has 0 bridgehead atoms. The summed E-state index contributed by atoms with van der Waals surface area (Å²) >= 11 is 0. The maximum absolute atomic E-state index is 11.8. The molecule has 3 N–H and O–H groups in total. The fourth-order valence-electron chi connectivity index (χ4n) is 2.48. The van der Waals surface area contributed by atoms with Crippen LogP contribution in [-0.2, 0) is 6.54 Å². The van der Waals surface area contributed by atoms with E-state index < -0.39 is 0 Å². The molecule has 1 aromatic carbocycles. The Hall–Kier alpha value is -2.14. The molecule has 2 unspecified atom stereocenters. The smallest absolute Gasteiger partial charge is 0.315 e. The number of hydrogen-bond donors (Lipinski definition) is 3. The van der Waals surface area contributed by atoms with Crippen LogP contribution in [0.25, 0.3) is 10.9 Å². The number of nitrogens with one attached hydrogen (secondary N) is 2. The highest BCUT2D eigenvalue weighted by molar-refractivity contribution is 5.82. The lowest BCUT2D eigenvalue weighted by atomic mass is 10.1. The topological polar surface area (TPSA) is 74.2 Å². The van der Waals surface area contributed by atoms with Crippen molar-refractivity contribution in [2.45, 2.75) is 32.9 Å². The molecule has 0 aliphatic carbocycles. The van der Waals surface area contributed by atoms with Gasteiger partial charge in [-0.15, -0.1) is 0 Å². The summed E-state index contributed by atoms with van der Waals surface area (Å²) in [5.74, 6) is 0.241. The molecule has 1 aromatic heterocycles. The van der Waals surface area contributed by atoms with Crippen molar-refractivity contribution in [3.8, 4) is 0 Å². The number of urea groups is 1. The van der Waals surface area contributed by atoms with Gasteiger partial charge < -0.3 is 15.7 Å². The van der Waals surface area contributed by atoms with Crippen LogP contribution in [0.15, 0.2) is 36.5 Å². The summed E-state index contributed by atoms with van der Waals surface area (Å²) in [7, 11) is 0. The number of pyridine rings is 1. The predicted octanol–water partition coefficient (Wildman–Crippen LogP) is 2.44. The van der Waals surface area contributed by atoms with Gasteiger partial charge in [-0.1, -0.05) is 31.2 Å². The number of rotatable bonds is 6. The first-order chi connectivity index (χ1) is 10.6. The van der Waals surface area contributed by atoms with E-state index in [1.807, 2.05) is 37.3 Å². The quantitative estimate of drug-likeness (QED) is 0.767. The van der Waals surface area contributed by atoms with Gasteiger partial charge >= 0.3 is 6.03 Å². The summed E-state index contributed by atoms with van der Waals surface area (Å²) in [5.41, 5.74) is 1.90. The van der Waals surface area contributed by atoms with E-state index in [0.717, 1.165) is 16.5 Å². The third-order valence-corrected chi connectivity index (χ3v) is 3.51. The van der Waals surface area contributed by atoms with Crippen LogP contribution in [0.1, 0.15) is 25.8 Å². The van der Waals surface area contributed by atoms with Crippen LogP contribution in [0.4, 0.5) is 4.79 Å². The molecule has 22 heavy (non-hydrogen) atoms. The van der Waals surface area contributed by atoms with E-state index in [0.29, 0.717) is 19.5 Å². The zero-order chi connectivity index (χ0) is 15.9. The number of amides is 2. The van der Waals surface area contributed by atoms with Crippen LogP contribution in [0.5, 0.6) is 0 Å². The number of fused-ring (bicyclic) bond motifs is 1. The van der Waals surface area contributed by atoms with Gasteiger partial charge in [0.15, 0.2) is 0 Å². The SMILES string of the molecule is CC(O)CC(C)CNC(=O)NCc1cccc2cccnc12. The second-order valence-electron chi connectivity index (χ2n) is 5.75. The largest absolute Gasteiger partial charge is 0.393 e. The lowest BCUT2D eigenvalue weighted by Crippen LogP contribution is -2.37. The Balaban J connectivity index is 1.85. The molecule has 0 saturated carbocycles. The molecule has 0 saturated heterocycles. The molecule has 0 aliphatic rings. The fourth-order valence-corrected chi connectivity index (χ4v) is 2.48. The number of para-hydroxylation sites is 1. The number of carbonyl (C=O) groups excluding carboxylic acids is 1. The van der Waals surface area contributed by atoms with Crippen LogP contribution < -0.4 is 10.6 Å². The van der Waals surface area contributed by atoms with Crippen molar-refractivity contribution in [3.63, 3.8) is 0 Å². The molecule has 2 atom stereocenters. The van der Waals surface area contributed by atoms with Gasteiger partial charge in [-0.3, -0.25) is 4.98 Å². The molecule has 118 valence electrons. The van der Waals surface area contributed by atoms with Crippen LogP contribution >= 0.6 is 0 Å². The van der Waals surface area contributed by atoms with Crippen molar-refractivity contribution in [1.82, 2.24) is 15.6 Å². The first-order valence-corrected chi connectivity index (χ1v) is 7.58. The van der Waals surface area contributed by atoms with Crippen molar-refractivity contribution in [3.05, 3.63) is 42.1 Å². The first-order valence-electron chi connectivity index (χ1n) is 7.58. The summed E-state index contributed by atoms with van der Waals surface area (Å²) in [5, 5.41) is 16.0. The summed E-state index contributed by atoms with van der Waals surface area (Å²) < 4.78 is 0. The Kier molecular flexibility index (Phi) is 5.72. The molecule has 1 heterocycles. The Bertz CT molecular complexity index is 623. The number of nitrogens with zero attached hydrogens (tertiary/aromatic N) is 1. The van der Waals surface area contributed by atoms with Gasteiger partial charge in [-0.25, -0.2) is 4.79 Å². The average Bonchev–Trinajstić information content (AvgIpc) is 2.50. The van der Waals surface area contributed by atoms with E-state index >= 15 is 0 Å². The molecule has 5 heteroatoms. The number of aromatic nitrogens is 1. The van der Waals surface area contributed by atoms with Crippen LogP contribution in [0.3, 0.4) is 0 Å². The van der Waals surface area contributed by atoms with Gasteiger partial charge in [0.25, 0.3) is 0 Å². The van der Waals surface area contributed by atoms with Crippen molar-refractivity contribution in [2.24, 2.45) is 5.92 Å². The normalized spacial score (nSPS) is 13.6. The van der Waals surface area contributed by atoms with Gasteiger partial charge in [0.1, 0.15) is 0 Å². The molecule has 2 rings (SSSR count). The standard InChI is InChI=1S/C17H23N3O2/c1-12(9-13(2)21)10-19-17(22)20-11-15-6-3-5-14-7-4-8-18-16(14)15/h3-8,12-13,21H,9-11H2,1-2H3,(H2,19,20,22). The Morgan fingerprint density at radius 1 is 1.23 bits per heavy atom. The molecular formula is C17H23N3O2. The zero-order valence-corrected chi connectivity index (χ0v) is 13.0. The molecule has 2 aromatic rings.